The van der Waals surface area contributed by atoms with E-state index < -0.39 is 11.8 Å². The van der Waals surface area contributed by atoms with Crippen LogP contribution in [0.15, 0.2) is 42.5 Å². The van der Waals surface area contributed by atoms with Crippen molar-refractivity contribution >= 4 is 56.8 Å². The third-order valence-electron chi connectivity index (χ3n) is 6.88. The molecule has 1 aromatic heterocycles. The molecule has 4 aromatic rings. The van der Waals surface area contributed by atoms with Crippen molar-refractivity contribution < 1.29 is 9.59 Å². The summed E-state index contributed by atoms with van der Waals surface area (Å²) in [6.45, 7) is 0. The number of aromatic amines is 1. The lowest BCUT2D eigenvalue weighted by molar-refractivity contribution is 0.0991. The highest BCUT2D eigenvalue weighted by atomic mass is 35.5. The van der Waals surface area contributed by atoms with Gasteiger partial charge in [0.25, 0.3) is 5.91 Å². The van der Waals surface area contributed by atoms with Crippen LogP contribution in [0.2, 0.25) is 10.0 Å². The summed E-state index contributed by atoms with van der Waals surface area (Å²) < 4.78 is 0. The molecule has 1 aliphatic carbocycles. The number of carbonyl (C=O) groups excluding carboxylic acids is 2. The van der Waals surface area contributed by atoms with E-state index in [0.717, 1.165) is 58.7 Å². The first kappa shape index (κ1) is 22.7. The van der Waals surface area contributed by atoms with E-state index in [4.69, 9.17) is 40.4 Å². The fourth-order valence-corrected chi connectivity index (χ4v) is 5.49. The summed E-state index contributed by atoms with van der Waals surface area (Å²) in [5, 5.41) is 2.44. The van der Waals surface area contributed by atoms with Gasteiger partial charge < -0.3 is 22.2 Å². The van der Waals surface area contributed by atoms with Gasteiger partial charge in [0.15, 0.2) is 0 Å². The molecular formula is C26H24Cl2N4O2. The zero-order chi connectivity index (χ0) is 24.1. The Bertz CT molecular complexity index is 1470. The average molecular weight is 495 g/mol. The molecule has 7 N–H and O–H groups in total. The molecule has 8 heteroatoms. The van der Waals surface area contributed by atoms with Crippen molar-refractivity contribution in [1.82, 2.24) is 4.98 Å². The molecular weight excluding hydrogens is 471 g/mol. The molecule has 6 nitrogen and oxygen atoms in total. The predicted octanol–water partition coefficient (Wildman–Crippen LogP) is 5.48. The number of nitrogens with one attached hydrogen (secondary N) is 1. The van der Waals surface area contributed by atoms with E-state index >= 15 is 0 Å². The number of rotatable bonds is 4. The molecule has 0 bridgehead atoms. The number of amides is 2. The summed E-state index contributed by atoms with van der Waals surface area (Å²) in [6, 6.07) is 12.8. The SMILES string of the molecule is NC(=O)c1ccc2[nH]c3c(C(N)=O)c([C@H]4CC[C@@H](N)CC4)c(-c4ccc(Cl)c(Cl)c4)cc3c2c1. The van der Waals surface area contributed by atoms with Gasteiger partial charge in [0.05, 0.1) is 21.1 Å². The van der Waals surface area contributed by atoms with Crippen LogP contribution in [0, 0.1) is 0 Å². The topological polar surface area (TPSA) is 128 Å². The molecule has 2 amide bonds. The van der Waals surface area contributed by atoms with Crippen molar-refractivity contribution in [3.05, 3.63) is 69.2 Å². The van der Waals surface area contributed by atoms with Crippen molar-refractivity contribution in [1.29, 1.82) is 0 Å². The first-order valence-electron chi connectivity index (χ1n) is 11.2. The van der Waals surface area contributed by atoms with Gasteiger partial charge in [-0.2, -0.15) is 0 Å². The van der Waals surface area contributed by atoms with Crippen LogP contribution in [0.25, 0.3) is 32.9 Å². The summed E-state index contributed by atoms with van der Waals surface area (Å²) in [5.41, 5.74) is 22.6. The number of nitrogens with two attached hydrogens (primary N) is 3. The molecule has 1 aliphatic rings. The lowest BCUT2D eigenvalue weighted by atomic mass is 9.76. The van der Waals surface area contributed by atoms with Crippen molar-refractivity contribution in [2.45, 2.75) is 37.6 Å². The molecule has 0 atom stereocenters. The smallest absolute Gasteiger partial charge is 0.251 e. The van der Waals surface area contributed by atoms with E-state index in [1.54, 1.807) is 30.3 Å². The minimum Gasteiger partial charge on any atom is -0.366 e. The van der Waals surface area contributed by atoms with E-state index in [2.05, 4.69) is 4.98 Å². The van der Waals surface area contributed by atoms with Gasteiger partial charge in [-0.25, -0.2) is 0 Å². The third kappa shape index (κ3) is 3.82. The quantitative estimate of drug-likeness (QED) is 0.299. The molecule has 3 aromatic carbocycles. The van der Waals surface area contributed by atoms with Crippen LogP contribution in [0.1, 0.15) is 57.9 Å². The highest BCUT2D eigenvalue weighted by Gasteiger charge is 2.29. The number of primary amides is 2. The first-order chi connectivity index (χ1) is 16.2. The molecule has 0 radical (unpaired) electrons. The number of fused-ring (bicyclic) bond motifs is 3. The number of hydrogen-bond acceptors (Lipinski definition) is 3. The van der Waals surface area contributed by atoms with Crippen LogP contribution in [-0.4, -0.2) is 22.8 Å². The largest absolute Gasteiger partial charge is 0.366 e. The standard InChI is InChI=1S/C26H24Cl2N4O2/c27-19-7-3-13(10-20(19)28)16-11-18-17-9-14(25(30)33)4-8-21(17)32-24(18)23(26(31)34)22(16)12-1-5-15(29)6-2-12/h3-4,7-12,15,32H,1-2,5-6,29H2,(H2,30,33)(H2,31,34)/t12-,15+. The van der Waals surface area contributed by atoms with E-state index in [-0.39, 0.29) is 12.0 Å². The maximum atomic E-state index is 13.0. The Morgan fingerprint density at radius 1 is 0.853 bits per heavy atom. The summed E-state index contributed by atoms with van der Waals surface area (Å²) in [5.74, 6) is -0.923. The number of hydrogen-bond donors (Lipinski definition) is 4. The molecule has 174 valence electrons. The Morgan fingerprint density at radius 2 is 1.59 bits per heavy atom. The van der Waals surface area contributed by atoms with Crippen LogP contribution in [0.5, 0.6) is 0 Å². The van der Waals surface area contributed by atoms with Crippen LogP contribution in [0.4, 0.5) is 0 Å². The average Bonchev–Trinajstić information content (AvgIpc) is 3.17. The van der Waals surface area contributed by atoms with Gasteiger partial charge in [-0.3, -0.25) is 9.59 Å². The van der Waals surface area contributed by atoms with Gasteiger partial charge in [0, 0.05) is 27.9 Å². The normalized spacial score (nSPS) is 18.4. The van der Waals surface area contributed by atoms with Crippen LogP contribution < -0.4 is 17.2 Å². The molecule has 0 spiro atoms. The van der Waals surface area contributed by atoms with Crippen molar-refractivity contribution in [3.8, 4) is 11.1 Å². The number of halogens is 2. The fourth-order valence-electron chi connectivity index (χ4n) is 5.19. The first-order valence-corrected chi connectivity index (χ1v) is 11.9. The fraction of sp³-hybridized carbons (Fsp3) is 0.231. The van der Waals surface area contributed by atoms with Crippen molar-refractivity contribution in [2.24, 2.45) is 17.2 Å². The molecule has 0 unspecified atom stereocenters. The summed E-state index contributed by atoms with van der Waals surface area (Å²) in [7, 11) is 0. The second-order valence-corrected chi connectivity index (χ2v) is 9.80. The third-order valence-corrected chi connectivity index (χ3v) is 7.62. The van der Waals surface area contributed by atoms with Crippen LogP contribution >= 0.6 is 23.2 Å². The molecule has 1 heterocycles. The highest BCUT2D eigenvalue weighted by molar-refractivity contribution is 6.42. The van der Waals surface area contributed by atoms with Crippen molar-refractivity contribution in [2.75, 3.05) is 0 Å². The summed E-state index contributed by atoms with van der Waals surface area (Å²) in [4.78, 5) is 28.1. The van der Waals surface area contributed by atoms with Gasteiger partial charge >= 0.3 is 0 Å². The Morgan fingerprint density at radius 3 is 2.24 bits per heavy atom. The number of benzene rings is 3. The minimum atomic E-state index is -0.522. The summed E-state index contributed by atoms with van der Waals surface area (Å²) >= 11 is 12.6. The van der Waals surface area contributed by atoms with Gasteiger partial charge in [0.2, 0.25) is 5.91 Å². The number of carbonyl (C=O) groups is 2. The van der Waals surface area contributed by atoms with Gasteiger partial charge in [-0.15, -0.1) is 0 Å². The minimum absolute atomic E-state index is 0.115. The lowest BCUT2D eigenvalue weighted by Crippen LogP contribution is -2.27. The molecule has 1 fully saturated rings. The van der Waals surface area contributed by atoms with E-state index in [1.165, 1.54) is 0 Å². The summed E-state index contributed by atoms with van der Waals surface area (Å²) in [6.07, 6.45) is 3.45. The monoisotopic (exact) mass is 494 g/mol. The van der Waals surface area contributed by atoms with Crippen LogP contribution in [-0.2, 0) is 0 Å². The number of aromatic nitrogens is 1. The Balaban J connectivity index is 1.88. The van der Waals surface area contributed by atoms with Gasteiger partial charge in [-0.05, 0) is 84.7 Å². The maximum absolute atomic E-state index is 13.0. The lowest BCUT2D eigenvalue weighted by Gasteiger charge is -2.29. The Hall–Kier alpha value is -3.06. The molecule has 5 rings (SSSR count). The molecule has 34 heavy (non-hydrogen) atoms. The highest BCUT2D eigenvalue weighted by Crippen LogP contribution is 2.45. The van der Waals surface area contributed by atoms with Crippen molar-refractivity contribution in [3.63, 3.8) is 0 Å². The number of H-pyrrole nitrogens is 1. The second kappa shape index (κ2) is 8.62. The maximum Gasteiger partial charge on any atom is 0.251 e. The Kier molecular flexibility index (Phi) is 5.76. The van der Waals surface area contributed by atoms with E-state index in [9.17, 15) is 9.59 Å². The van der Waals surface area contributed by atoms with Gasteiger partial charge in [0.1, 0.15) is 0 Å². The predicted molar refractivity (Wildman–Crippen MR) is 137 cm³/mol. The van der Waals surface area contributed by atoms with E-state index in [0.29, 0.717) is 26.7 Å². The van der Waals surface area contributed by atoms with E-state index in [1.807, 2.05) is 12.1 Å². The molecule has 0 saturated heterocycles. The zero-order valence-electron chi connectivity index (χ0n) is 18.3. The second-order valence-electron chi connectivity index (χ2n) is 8.99. The Labute approximate surface area is 206 Å². The van der Waals surface area contributed by atoms with Crippen LogP contribution in [0.3, 0.4) is 0 Å². The zero-order valence-corrected chi connectivity index (χ0v) is 19.8. The molecule has 0 aliphatic heterocycles. The van der Waals surface area contributed by atoms with Gasteiger partial charge in [-0.1, -0.05) is 29.3 Å². The molecule has 1 saturated carbocycles.